The first-order chi connectivity index (χ1) is 21.3. The molecule has 1 saturated carbocycles. The third-order valence-corrected chi connectivity index (χ3v) is 9.07. The van der Waals surface area contributed by atoms with Gasteiger partial charge in [0.05, 0.1) is 6.54 Å². The van der Waals surface area contributed by atoms with E-state index < -0.39 is 59.2 Å². The van der Waals surface area contributed by atoms with Crippen LogP contribution < -0.4 is 16.0 Å². The predicted molar refractivity (Wildman–Crippen MR) is 165 cm³/mol. The topological polar surface area (TPSA) is 157 Å². The number of allylic oxidation sites excluding steroid dienone is 1. The van der Waals surface area contributed by atoms with E-state index in [4.69, 9.17) is 16.3 Å². The van der Waals surface area contributed by atoms with Crippen molar-refractivity contribution >= 4 is 41.5 Å². The molecule has 2 fully saturated rings. The molecule has 244 valence electrons. The fourth-order valence-electron chi connectivity index (χ4n) is 6.39. The summed E-state index contributed by atoms with van der Waals surface area (Å²) < 4.78 is 5.84. The minimum Gasteiger partial charge on any atom is -0.479 e. The molecular weight excluding hydrogens is 602 g/mol. The number of aliphatic carboxylic acids is 1. The Bertz CT molecular complexity index is 1390. The van der Waals surface area contributed by atoms with Crippen molar-refractivity contribution in [3.8, 4) is 0 Å². The van der Waals surface area contributed by atoms with E-state index in [1.165, 1.54) is 9.80 Å². The van der Waals surface area contributed by atoms with Gasteiger partial charge in [0.2, 0.25) is 11.8 Å². The van der Waals surface area contributed by atoms with E-state index in [2.05, 4.69) is 16.0 Å². The number of amides is 5. The zero-order valence-electron chi connectivity index (χ0n) is 25.9. The van der Waals surface area contributed by atoms with Crippen LogP contribution in [0.15, 0.2) is 30.4 Å². The highest BCUT2D eigenvalue weighted by atomic mass is 35.5. The smallest absolute Gasteiger partial charge is 0.410 e. The Balaban J connectivity index is 1.36. The van der Waals surface area contributed by atoms with E-state index in [-0.39, 0.29) is 25.3 Å². The lowest BCUT2D eigenvalue weighted by molar-refractivity contribution is -0.145. The van der Waals surface area contributed by atoms with E-state index in [1.54, 1.807) is 12.1 Å². The van der Waals surface area contributed by atoms with Gasteiger partial charge < -0.3 is 30.7 Å². The minimum atomic E-state index is -1.45. The van der Waals surface area contributed by atoms with Crippen LogP contribution in [-0.2, 0) is 32.2 Å². The van der Waals surface area contributed by atoms with Crippen LogP contribution in [0.4, 0.5) is 9.59 Å². The third kappa shape index (κ3) is 7.54. The zero-order chi connectivity index (χ0) is 32.5. The molecule has 13 heteroatoms. The lowest BCUT2D eigenvalue weighted by Gasteiger charge is -2.30. The molecule has 3 heterocycles. The lowest BCUT2D eigenvalue weighted by Crippen LogP contribution is -2.58. The van der Waals surface area contributed by atoms with Crippen LogP contribution in [0.2, 0.25) is 5.02 Å². The standard InChI is InChI=1S/C32H42ClN5O7/c1-31(2,3)36-29(43)34-24-10-8-6-4-5-7-9-21-15-32(21,28(41)42)35-26(39)25-14-23(18-38(25)27(24)40)45-30(44)37-16-19-11-12-22(33)13-20(19)17-37/h7,9,11-13,21,23-25H,4-6,8,10,14-18H2,1-3H3,(H,35,39)(H,41,42)(H2,34,36,43)/b9-7-/t21-,23-,24+,25+,32-/m1/s1. The molecule has 0 radical (unpaired) electrons. The van der Waals surface area contributed by atoms with Gasteiger partial charge in [0, 0.05) is 36.0 Å². The van der Waals surface area contributed by atoms with Gasteiger partial charge in [-0.2, -0.15) is 0 Å². The van der Waals surface area contributed by atoms with Gasteiger partial charge in [-0.25, -0.2) is 14.4 Å². The van der Waals surface area contributed by atoms with E-state index in [0.29, 0.717) is 31.0 Å². The number of carboxylic acids is 1. The quantitative estimate of drug-likeness (QED) is 0.366. The van der Waals surface area contributed by atoms with E-state index >= 15 is 0 Å². The molecule has 5 atom stereocenters. The molecule has 0 unspecified atom stereocenters. The molecule has 45 heavy (non-hydrogen) atoms. The monoisotopic (exact) mass is 643 g/mol. The Labute approximate surface area is 267 Å². The van der Waals surface area contributed by atoms with E-state index in [9.17, 15) is 29.1 Å². The number of halogens is 1. The number of nitrogens with one attached hydrogen (secondary N) is 3. The SMILES string of the molecule is CC(C)(C)NC(=O)N[C@H]1CCCCC/C=C\[C@@H]2C[C@@]2(C(=O)O)NC(=O)[C@@H]2C[C@@H](OC(=O)N3Cc4ccc(Cl)cc4C3)CN2C1=O. The molecule has 4 N–H and O–H groups in total. The summed E-state index contributed by atoms with van der Waals surface area (Å²) in [6.45, 7) is 6.07. The van der Waals surface area contributed by atoms with Crippen molar-refractivity contribution in [3.63, 3.8) is 0 Å². The van der Waals surface area contributed by atoms with Gasteiger partial charge in [-0.1, -0.05) is 42.7 Å². The van der Waals surface area contributed by atoms with Crippen LogP contribution in [0.1, 0.15) is 76.8 Å². The molecule has 5 amide bonds. The van der Waals surface area contributed by atoms with Crippen LogP contribution in [0, 0.1) is 5.92 Å². The summed E-state index contributed by atoms with van der Waals surface area (Å²) in [5, 5.41) is 18.9. The number of hydrogen-bond acceptors (Lipinski definition) is 6. The second-order valence-electron chi connectivity index (χ2n) is 13.6. The summed E-state index contributed by atoms with van der Waals surface area (Å²) in [5.41, 5.74) is -0.118. The molecule has 5 rings (SSSR count). The van der Waals surface area contributed by atoms with E-state index in [1.807, 2.05) is 39.0 Å². The average molecular weight is 644 g/mol. The van der Waals surface area contributed by atoms with Gasteiger partial charge >= 0.3 is 18.1 Å². The summed E-state index contributed by atoms with van der Waals surface area (Å²) >= 11 is 6.12. The molecule has 3 aliphatic heterocycles. The molecule has 0 aromatic heterocycles. The number of benzene rings is 1. The van der Waals surface area contributed by atoms with Crippen LogP contribution >= 0.6 is 11.6 Å². The zero-order valence-corrected chi connectivity index (χ0v) is 26.7. The predicted octanol–water partition coefficient (Wildman–Crippen LogP) is 3.71. The maximum Gasteiger partial charge on any atom is 0.410 e. The van der Waals surface area contributed by atoms with Gasteiger partial charge in [-0.05, 0) is 69.7 Å². The molecule has 1 aromatic rings. The molecule has 12 nitrogen and oxygen atoms in total. The second kappa shape index (κ2) is 12.9. The van der Waals surface area contributed by atoms with Crippen LogP contribution in [-0.4, -0.2) is 80.6 Å². The highest BCUT2D eigenvalue weighted by molar-refractivity contribution is 6.30. The number of rotatable bonds is 3. The highest BCUT2D eigenvalue weighted by Gasteiger charge is 2.61. The number of ether oxygens (including phenoxy) is 1. The number of urea groups is 1. The van der Waals surface area contributed by atoms with Crippen molar-refractivity contribution in [2.24, 2.45) is 5.92 Å². The Morgan fingerprint density at radius 2 is 1.87 bits per heavy atom. The summed E-state index contributed by atoms with van der Waals surface area (Å²) in [5.74, 6) is -2.60. The van der Waals surface area contributed by atoms with Crippen molar-refractivity contribution in [1.82, 2.24) is 25.8 Å². The number of hydrogen-bond donors (Lipinski definition) is 4. The van der Waals surface area contributed by atoms with Crippen molar-refractivity contribution < 1.29 is 33.8 Å². The maximum absolute atomic E-state index is 14.1. The van der Waals surface area contributed by atoms with E-state index in [0.717, 1.165) is 30.4 Å². The molecular formula is C32H42ClN5O7. The van der Waals surface area contributed by atoms with Crippen LogP contribution in [0.25, 0.3) is 0 Å². The Hall–Kier alpha value is -3.80. The first-order valence-corrected chi connectivity index (χ1v) is 16.0. The minimum absolute atomic E-state index is 0.00690. The van der Waals surface area contributed by atoms with Gasteiger partial charge in [-0.15, -0.1) is 0 Å². The average Bonchev–Trinajstić information content (AvgIpc) is 3.26. The summed E-state index contributed by atoms with van der Waals surface area (Å²) in [7, 11) is 0. The fraction of sp³-hybridized carbons (Fsp3) is 0.594. The fourth-order valence-corrected chi connectivity index (χ4v) is 6.59. The number of carbonyl (C=O) groups excluding carboxylic acids is 4. The van der Waals surface area contributed by atoms with Crippen molar-refractivity contribution in [3.05, 3.63) is 46.5 Å². The second-order valence-corrected chi connectivity index (χ2v) is 14.0. The first-order valence-electron chi connectivity index (χ1n) is 15.6. The summed E-state index contributed by atoms with van der Waals surface area (Å²) in [6, 6.07) is 2.90. The van der Waals surface area contributed by atoms with Crippen molar-refractivity contribution in [2.75, 3.05) is 6.54 Å². The summed E-state index contributed by atoms with van der Waals surface area (Å²) in [4.78, 5) is 69.1. The summed E-state index contributed by atoms with van der Waals surface area (Å²) in [6.07, 6.45) is 6.02. The van der Waals surface area contributed by atoms with Crippen molar-refractivity contribution in [1.29, 1.82) is 0 Å². The van der Waals surface area contributed by atoms with Crippen LogP contribution in [0.3, 0.4) is 0 Å². The molecule has 1 saturated heterocycles. The lowest BCUT2D eigenvalue weighted by atomic mass is 10.0. The Kier molecular flexibility index (Phi) is 9.34. The van der Waals surface area contributed by atoms with Gasteiger partial charge in [0.15, 0.2) is 0 Å². The maximum atomic E-state index is 14.1. The Morgan fingerprint density at radius 3 is 2.60 bits per heavy atom. The third-order valence-electron chi connectivity index (χ3n) is 8.83. The molecule has 0 spiro atoms. The number of carbonyl (C=O) groups is 5. The number of carboxylic acid groups (broad SMARTS) is 1. The normalized spacial score (nSPS) is 29.2. The first kappa shape index (κ1) is 32.6. The number of nitrogens with zero attached hydrogens (tertiary/aromatic N) is 2. The Morgan fingerprint density at radius 1 is 1.11 bits per heavy atom. The number of fused-ring (bicyclic) bond motifs is 3. The molecule has 4 aliphatic rings. The highest BCUT2D eigenvalue weighted by Crippen LogP contribution is 2.45. The molecule has 1 aliphatic carbocycles. The largest absolute Gasteiger partial charge is 0.479 e. The molecule has 0 bridgehead atoms. The van der Waals surface area contributed by atoms with Gasteiger partial charge in [-0.3, -0.25) is 14.5 Å². The van der Waals surface area contributed by atoms with Gasteiger partial charge in [0.1, 0.15) is 23.7 Å². The van der Waals surface area contributed by atoms with Gasteiger partial charge in [0.25, 0.3) is 0 Å². The van der Waals surface area contributed by atoms with Crippen molar-refractivity contribution in [2.45, 2.75) is 108 Å². The van der Waals surface area contributed by atoms with Crippen LogP contribution in [0.5, 0.6) is 0 Å². The molecule has 1 aromatic carbocycles.